The monoisotopic (exact) mass is 260 g/mol. The fourth-order valence-electron chi connectivity index (χ4n) is 1.71. The maximum atomic E-state index is 11.8. The molecule has 0 fully saturated rings. The molecule has 0 spiro atoms. The maximum Gasteiger partial charge on any atom is 0.324 e. The van der Waals surface area contributed by atoms with Crippen LogP contribution in [0.4, 0.5) is 16.3 Å². The molecule has 1 heterocycles. The van der Waals surface area contributed by atoms with E-state index >= 15 is 0 Å². The Kier molecular flexibility index (Phi) is 3.70. The van der Waals surface area contributed by atoms with Crippen LogP contribution in [0, 0.1) is 6.92 Å². The Morgan fingerprint density at radius 2 is 2.11 bits per heavy atom. The average molecular weight is 260 g/mol. The van der Waals surface area contributed by atoms with Gasteiger partial charge in [0.15, 0.2) is 0 Å². The number of benzene rings is 1. The number of nitrogens with zero attached hydrogens (tertiary/aromatic N) is 2. The van der Waals surface area contributed by atoms with Crippen LogP contribution >= 0.6 is 0 Å². The van der Waals surface area contributed by atoms with Crippen LogP contribution in [-0.4, -0.2) is 22.9 Å². The van der Waals surface area contributed by atoms with E-state index in [0.717, 1.165) is 5.69 Å². The summed E-state index contributed by atoms with van der Waals surface area (Å²) < 4.78 is 6.70. The Morgan fingerprint density at radius 3 is 2.74 bits per heavy atom. The number of nitrogens with one attached hydrogen (secondary N) is 2. The van der Waals surface area contributed by atoms with Gasteiger partial charge in [0.2, 0.25) is 0 Å². The largest absolute Gasteiger partial charge is 0.497 e. The Balaban J connectivity index is 2.03. The molecule has 2 aromatic rings. The molecular formula is C13H16N4O2. The predicted molar refractivity (Wildman–Crippen MR) is 73.6 cm³/mol. The Morgan fingerprint density at radius 1 is 1.32 bits per heavy atom. The molecule has 0 unspecified atom stereocenters. The summed E-state index contributed by atoms with van der Waals surface area (Å²) in [5.74, 6) is 1.33. The summed E-state index contributed by atoms with van der Waals surface area (Å²) in [5.41, 5.74) is 1.51. The fourth-order valence-corrected chi connectivity index (χ4v) is 1.71. The number of aromatic nitrogens is 2. The minimum atomic E-state index is -0.323. The highest BCUT2D eigenvalue weighted by molar-refractivity contribution is 5.99. The highest BCUT2D eigenvalue weighted by atomic mass is 16.5. The van der Waals surface area contributed by atoms with Crippen molar-refractivity contribution in [2.45, 2.75) is 6.92 Å². The van der Waals surface area contributed by atoms with Crippen molar-refractivity contribution in [1.82, 2.24) is 9.78 Å². The lowest BCUT2D eigenvalue weighted by molar-refractivity contribution is 0.262. The van der Waals surface area contributed by atoms with Gasteiger partial charge in [-0.25, -0.2) is 4.79 Å². The number of urea groups is 1. The van der Waals surface area contributed by atoms with E-state index in [4.69, 9.17) is 4.74 Å². The Bertz CT molecular complexity index is 592. The first-order chi connectivity index (χ1) is 9.08. The standard InChI is InChI=1S/C13H16N4O2/c1-9-7-12(17(2)16-9)15-13(18)14-10-5-4-6-11(8-10)19-3/h4-8H,1-3H3,(H2,14,15,18). The summed E-state index contributed by atoms with van der Waals surface area (Å²) >= 11 is 0. The molecule has 0 aliphatic carbocycles. The number of ether oxygens (including phenoxy) is 1. The van der Waals surface area contributed by atoms with Gasteiger partial charge in [-0.2, -0.15) is 5.10 Å². The number of carbonyl (C=O) groups excluding carboxylic acids is 1. The summed E-state index contributed by atoms with van der Waals surface area (Å²) in [7, 11) is 3.35. The lowest BCUT2D eigenvalue weighted by Crippen LogP contribution is -2.21. The molecular weight excluding hydrogens is 244 g/mol. The topological polar surface area (TPSA) is 68.2 Å². The molecule has 2 N–H and O–H groups in total. The molecule has 0 atom stereocenters. The van der Waals surface area contributed by atoms with E-state index in [9.17, 15) is 4.79 Å². The zero-order chi connectivity index (χ0) is 13.8. The number of aryl methyl sites for hydroxylation is 2. The summed E-state index contributed by atoms with van der Waals surface area (Å²) in [5, 5.41) is 9.61. The van der Waals surface area contributed by atoms with E-state index in [-0.39, 0.29) is 6.03 Å². The highest BCUT2D eigenvalue weighted by Crippen LogP contribution is 2.17. The van der Waals surface area contributed by atoms with Crippen molar-refractivity contribution in [3.63, 3.8) is 0 Å². The van der Waals surface area contributed by atoms with Gasteiger partial charge in [0.05, 0.1) is 12.8 Å². The van der Waals surface area contributed by atoms with Crippen molar-refractivity contribution in [3.8, 4) is 5.75 Å². The quantitative estimate of drug-likeness (QED) is 0.890. The molecule has 1 aromatic carbocycles. The number of anilines is 2. The Labute approximate surface area is 111 Å². The third kappa shape index (κ3) is 3.25. The molecule has 2 amide bonds. The Hall–Kier alpha value is -2.50. The van der Waals surface area contributed by atoms with Gasteiger partial charge in [0.1, 0.15) is 11.6 Å². The van der Waals surface area contributed by atoms with E-state index in [0.29, 0.717) is 17.3 Å². The fraction of sp³-hybridized carbons (Fsp3) is 0.231. The van der Waals surface area contributed by atoms with Crippen LogP contribution in [0.1, 0.15) is 5.69 Å². The third-order valence-electron chi connectivity index (χ3n) is 2.57. The summed E-state index contributed by atoms with van der Waals surface area (Å²) in [6.07, 6.45) is 0. The van der Waals surface area contributed by atoms with Crippen molar-refractivity contribution < 1.29 is 9.53 Å². The smallest absolute Gasteiger partial charge is 0.324 e. The molecule has 0 radical (unpaired) electrons. The van der Waals surface area contributed by atoms with Crippen LogP contribution in [0.3, 0.4) is 0 Å². The lowest BCUT2D eigenvalue weighted by atomic mass is 10.3. The van der Waals surface area contributed by atoms with E-state index in [1.54, 1.807) is 37.0 Å². The highest BCUT2D eigenvalue weighted by Gasteiger charge is 2.07. The molecule has 1 aromatic heterocycles. The molecule has 0 bridgehead atoms. The van der Waals surface area contributed by atoms with Crippen molar-refractivity contribution in [2.75, 3.05) is 17.7 Å². The average Bonchev–Trinajstić information content (AvgIpc) is 2.68. The SMILES string of the molecule is COc1cccc(NC(=O)Nc2cc(C)nn2C)c1. The molecule has 19 heavy (non-hydrogen) atoms. The normalized spacial score (nSPS) is 10.1. The number of amides is 2. The molecule has 0 aliphatic rings. The first kappa shape index (κ1) is 12.9. The van der Waals surface area contributed by atoms with Gasteiger partial charge in [-0.15, -0.1) is 0 Å². The van der Waals surface area contributed by atoms with Crippen LogP contribution in [0.15, 0.2) is 30.3 Å². The zero-order valence-electron chi connectivity index (χ0n) is 11.1. The van der Waals surface area contributed by atoms with Crippen LogP contribution in [-0.2, 0) is 7.05 Å². The molecule has 100 valence electrons. The predicted octanol–water partition coefficient (Wildman–Crippen LogP) is 2.38. The van der Waals surface area contributed by atoms with Crippen molar-refractivity contribution in [1.29, 1.82) is 0 Å². The number of hydrogen-bond acceptors (Lipinski definition) is 3. The van der Waals surface area contributed by atoms with Crippen LogP contribution in [0.25, 0.3) is 0 Å². The zero-order valence-corrected chi connectivity index (χ0v) is 11.1. The van der Waals surface area contributed by atoms with Crippen molar-refractivity contribution in [3.05, 3.63) is 36.0 Å². The van der Waals surface area contributed by atoms with Gasteiger partial charge in [-0.1, -0.05) is 6.07 Å². The van der Waals surface area contributed by atoms with Gasteiger partial charge in [0, 0.05) is 24.9 Å². The van der Waals surface area contributed by atoms with Crippen LogP contribution in [0.5, 0.6) is 5.75 Å². The van der Waals surface area contributed by atoms with Crippen LogP contribution in [0.2, 0.25) is 0 Å². The van der Waals surface area contributed by atoms with Gasteiger partial charge < -0.3 is 10.1 Å². The molecule has 0 aliphatic heterocycles. The summed E-state index contributed by atoms with van der Waals surface area (Å²) in [6.45, 7) is 1.87. The summed E-state index contributed by atoms with van der Waals surface area (Å²) in [4.78, 5) is 11.8. The van der Waals surface area contributed by atoms with Gasteiger partial charge in [-0.05, 0) is 19.1 Å². The van der Waals surface area contributed by atoms with Gasteiger partial charge in [-0.3, -0.25) is 10.00 Å². The number of carbonyl (C=O) groups is 1. The van der Waals surface area contributed by atoms with Gasteiger partial charge in [0.25, 0.3) is 0 Å². The second kappa shape index (κ2) is 5.43. The first-order valence-electron chi connectivity index (χ1n) is 5.81. The van der Waals surface area contributed by atoms with Gasteiger partial charge >= 0.3 is 6.03 Å². The third-order valence-corrected chi connectivity index (χ3v) is 2.57. The molecule has 0 saturated carbocycles. The van der Waals surface area contributed by atoms with E-state index < -0.39 is 0 Å². The lowest BCUT2D eigenvalue weighted by Gasteiger charge is -2.08. The first-order valence-corrected chi connectivity index (χ1v) is 5.81. The van der Waals surface area contributed by atoms with Crippen molar-refractivity contribution in [2.24, 2.45) is 7.05 Å². The minimum Gasteiger partial charge on any atom is -0.497 e. The van der Waals surface area contributed by atoms with Crippen LogP contribution < -0.4 is 15.4 Å². The second-order valence-corrected chi connectivity index (χ2v) is 4.11. The molecule has 0 saturated heterocycles. The van der Waals surface area contributed by atoms with E-state index in [2.05, 4.69) is 15.7 Å². The molecule has 2 rings (SSSR count). The molecule has 6 heteroatoms. The van der Waals surface area contributed by atoms with E-state index in [1.807, 2.05) is 19.1 Å². The molecule has 6 nitrogen and oxygen atoms in total. The maximum absolute atomic E-state index is 11.8. The van der Waals surface area contributed by atoms with Crippen molar-refractivity contribution >= 4 is 17.5 Å². The minimum absolute atomic E-state index is 0.323. The summed E-state index contributed by atoms with van der Waals surface area (Å²) in [6, 6.07) is 8.63. The number of methoxy groups -OCH3 is 1. The second-order valence-electron chi connectivity index (χ2n) is 4.11. The number of rotatable bonds is 3. The van der Waals surface area contributed by atoms with E-state index in [1.165, 1.54) is 0 Å². The number of hydrogen-bond donors (Lipinski definition) is 2.